The molecule has 1 aliphatic heterocycles. The molecule has 1 aromatic heterocycles. The van der Waals surface area contributed by atoms with Crippen molar-refractivity contribution in [2.24, 2.45) is 0 Å². The summed E-state index contributed by atoms with van der Waals surface area (Å²) in [7, 11) is 0. The minimum Gasteiger partial charge on any atom is -0.378 e. The van der Waals surface area contributed by atoms with E-state index in [1.54, 1.807) is 0 Å². The first kappa shape index (κ1) is 14.6. The van der Waals surface area contributed by atoms with Crippen molar-refractivity contribution in [3.05, 3.63) is 36.0 Å². The smallest absolute Gasteiger partial charge is 0.0593 e. The zero-order chi connectivity index (χ0) is 14.7. The second-order valence-corrected chi connectivity index (χ2v) is 6.32. The van der Waals surface area contributed by atoms with Crippen LogP contribution in [0.15, 0.2) is 30.5 Å². The zero-order valence-electron chi connectivity index (χ0n) is 13.1. The Morgan fingerprint density at radius 1 is 1.33 bits per heavy atom. The van der Waals surface area contributed by atoms with E-state index in [1.807, 2.05) is 0 Å². The minimum absolute atomic E-state index is 0.466. The van der Waals surface area contributed by atoms with Crippen molar-refractivity contribution >= 4 is 10.9 Å². The standard InChI is InChI=1S/C18H26N2O/c1-14(2)19-13-15-5-3-7-18-17(15)9-11-20(18)10-8-16-6-4-12-21-16/h3,5,7,9,11,14,16,19H,4,6,8,10,12-13H2,1-2H3. The van der Waals surface area contributed by atoms with Crippen molar-refractivity contribution in [2.45, 2.75) is 58.3 Å². The molecule has 3 rings (SSSR count). The van der Waals surface area contributed by atoms with E-state index in [4.69, 9.17) is 4.74 Å². The largest absolute Gasteiger partial charge is 0.378 e. The number of ether oxygens (including phenoxy) is 1. The summed E-state index contributed by atoms with van der Waals surface area (Å²) < 4.78 is 8.10. The van der Waals surface area contributed by atoms with Gasteiger partial charge in [0.15, 0.2) is 0 Å². The topological polar surface area (TPSA) is 26.2 Å². The zero-order valence-corrected chi connectivity index (χ0v) is 13.1. The molecular formula is C18H26N2O. The Bertz CT molecular complexity index is 582. The highest BCUT2D eigenvalue weighted by molar-refractivity contribution is 5.83. The number of hydrogen-bond acceptors (Lipinski definition) is 2. The van der Waals surface area contributed by atoms with Gasteiger partial charge in [-0.2, -0.15) is 0 Å². The van der Waals surface area contributed by atoms with Gasteiger partial charge in [0.2, 0.25) is 0 Å². The number of benzene rings is 1. The Hall–Kier alpha value is -1.32. The van der Waals surface area contributed by atoms with Gasteiger partial charge in [0.25, 0.3) is 0 Å². The molecule has 1 aromatic carbocycles. The molecule has 0 aliphatic carbocycles. The van der Waals surface area contributed by atoms with Gasteiger partial charge in [0.05, 0.1) is 6.10 Å². The molecule has 0 amide bonds. The Balaban J connectivity index is 1.73. The number of rotatable bonds is 6. The Morgan fingerprint density at radius 2 is 2.24 bits per heavy atom. The number of nitrogens with zero attached hydrogens (tertiary/aromatic N) is 1. The lowest BCUT2D eigenvalue weighted by molar-refractivity contribution is 0.101. The van der Waals surface area contributed by atoms with Crippen LogP contribution < -0.4 is 5.32 Å². The lowest BCUT2D eigenvalue weighted by Crippen LogP contribution is -2.21. The van der Waals surface area contributed by atoms with Crippen LogP contribution in [0.5, 0.6) is 0 Å². The van der Waals surface area contributed by atoms with Crippen molar-refractivity contribution in [1.29, 1.82) is 0 Å². The number of aryl methyl sites for hydroxylation is 1. The van der Waals surface area contributed by atoms with Crippen LogP contribution in [-0.2, 0) is 17.8 Å². The number of aromatic nitrogens is 1. The summed E-state index contributed by atoms with van der Waals surface area (Å²) in [4.78, 5) is 0. The molecule has 1 unspecified atom stereocenters. The normalized spacial score (nSPS) is 18.9. The molecule has 1 aliphatic rings. The van der Waals surface area contributed by atoms with E-state index in [9.17, 15) is 0 Å². The molecule has 21 heavy (non-hydrogen) atoms. The van der Waals surface area contributed by atoms with E-state index in [0.29, 0.717) is 12.1 Å². The van der Waals surface area contributed by atoms with Crippen molar-refractivity contribution in [3.63, 3.8) is 0 Å². The van der Waals surface area contributed by atoms with Gasteiger partial charge < -0.3 is 14.6 Å². The van der Waals surface area contributed by atoms with Crippen LogP contribution in [0.4, 0.5) is 0 Å². The van der Waals surface area contributed by atoms with Gasteiger partial charge in [-0.05, 0) is 37.0 Å². The van der Waals surface area contributed by atoms with Gasteiger partial charge in [-0.3, -0.25) is 0 Å². The van der Waals surface area contributed by atoms with Crippen LogP contribution in [0, 0.1) is 0 Å². The molecule has 114 valence electrons. The second-order valence-electron chi connectivity index (χ2n) is 6.32. The molecule has 3 heteroatoms. The lowest BCUT2D eigenvalue weighted by atomic mass is 10.1. The van der Waals surface area contributed by atoms with Gasteiger partial charge in [-0.1, -0.05) is 26.0 Å². The molecule has 0 saturated carbocycles. The van der Waals surface area contributed by atoms with Gasteiger partial charge in [-0.25, -0.2) is 0 Å². The molecular weight excluding hydrogens is 260 g/mol. The highest BCUT2D eigenvalue weighted by atomic mass is 16.5. The van der Waals surface area contributed by atoms with Gasteiger partial charge in [-0.15, -0.1) is 0 Å². The van der Waals surface area contributed by atoms with Crippen LogP contribution in [0.25, 0.3) is 10.9 Å². The Labute approximate surface area is 127 Å². The molecule has 1 N–H and O–H groups in total. The second kappa shape index (κ2) is 6.63. The molecule has 2 aromatic rings. The molecule has 1 saturated heterocycles. The SMILES string of the molecule is CC(C)NCc1cccc2c1ccn2CCC1CCCO1. The molecule has 1 fully saturated rings. The van der Waals surface area contributed by atoms with Crippen LogP contribution >= 0.6 is 0 Å². The van der Waals surface area contributed by atoms with E-state index >= 15 is 0 Å². The first-order chi connectivity index (χ1) is 10.2. The maximum Gasteiger partial charge on any atom is 0.0593 e. The lowest BCUT2D eigenvalue weighted by Gasteiger charge is -2.12. The first-order valence-corrected chi connectivity index (χ1v) is 8.16. The van der Waals surface area contributed by atoms with Crippen molar-refractivity contribution in [2.75, 3.05) is 6.61 Å². The number of nitrogens with one attached hydrogen (secondary N) is 1. The van der Waals surface area contributed by atoms with Gasteiger partial charge in [0, 0.05) is 42.8 Å². The van der Waals surface area contributed by atoms with E-state index in [0.717, 1.165) is 26.1 Å². The molecule has 1 atom stereocenters. The van der Waals surface area contributed by atoms with Crippen molar-refractivity contribution in [3.8, 4) is 0 Å². The molecule has 0 bridgehead atoms. The highest BCUT2D eigenvalue weighted by Gasteiger charge is 2.15. The predicted octanol–water partition coefficient (Wildman–Crippen LogP) is 3.71. The van der Waals surface area contributed by atoms with Crippen molar-refractivity contribution < 1.29 is 4.74 Å². The van der Waals surface area contributed by atoms with Crippen LogP contribution in [0.3, 0.4) is 0 Å². The van der Waals surface area contributed by atoms with Gasteiger partial charge in [0.1, 0.15) is 0 Å². The summed E-state index contributed by atoms with van der Waals surface area (Å²) in [5.41, 5.74) is 2.73. The maximum absolute atomic E-state index is 5.73. The fourth-order valence-corrected chi connectivity index (χ4v) is 3.11. The molecule has 0 spiro atoms. The first-order valence-electron chi connectivity index (χ1n) is 8.16. The van der Waals surface area contributed by atoms with Crippen LogP contribution in [-0.4, -0.2) is 23.3 Å². The summed E-state index contributed by atoms with van der Waals surface area (Å²) >= 11 is 0. The fourth-order valence-electron chi connectivity index (χ4n) is 3.11. The average molecular weight is 286 g/mol. The summed E-state index contributed by atoms with van der Waals surface area (Å²) in [5, 5.41) is 4.88. The number of hydrogen-bond donors (Lipinski definition) is 1. The summed E-state index contributed by atoms with van der Waals surface area (Å²) in [6.45, 7) is 7.31. The Kier molecular flexibility index (Phi) is 4.61. The van der Waals surface area contributed by atoms with Crippen LogP contribution in [0.2, 0.25) is 0 Å². The summed E-state index contributed by atoms with van der Waals surface area (Å²) in [5.74, 6) is 0. The van der Waals surface area contributed by atoms with Gasteiger partial charge >= 0.3 is 0 Å². The minimum atomic E-state index is 0.466. The Morgan fingerprint density at radius 3 is 3.00 bits per heavy atom. The molecule has 3 nitrogen and oxygen atoms in total. The maximum atomic E-state index is 5.73. The summed E-state index contributed by atoms with van der Waals surface area (Å²) in [6, 6.07) is 9.39. The van der Waals surface area contributed by atoms with Crippen LogP contribution in [0.1, 0.15) is 38.7 Å². The monoisotopic (exact) mass is 286 g/mol. The van der Waals surface area contributed by atoms with Crippen molar-refractivity contribution in [1.82, 2.24) is 9.88 Å². The third-order valence-electron chi connectivity index (χ3n) is 4.32. The van der Waals surface area contributed by atoms with E-state index in [2.05, 4.69) is 54.2 Å². The van der Waals surface area contributed by atoms with E-state index in [1.165, 1.54) is 29.3 Å². The van der Waals surface area contributed by atoms with E-state index in [-0.39, 0.29) is 0 Å². The summed E-state index contributed by atoms with van der Waals surface area (Å²) in [6.07, 6.45) is 6.26. The number of fused-ring (bicyclic) bond motifs is 1. The predicted molar refractivity (Wildman–Crippen MR) is 87.5 cm³/mol. The third kappa shape index (κ3) is 3.47. The third-order valence-corrected chi connectivity index (χ3v) is 4.32. The molecule has 2 heterocycles. The average Bonchev–Trinajstić information content (AvgIpc) is 3.12. The molecule has 0 radical (unpaired) electrons. The fraction of sp³-hybridized carbons (Fsp3) is 0.556. The highest BCUT2D eigenvalue weighted by Crippen LogP contribution is 2.22. The van der Waals surface area contributed by atoms with E-state index < -0.39 is 0 Å². The quantitative estimate of drug-likeness (QED) is 0.876.